The number of fused-ring (bicyclic) bond motifs is 8. The monoisotopic (exact) mass is 1600 g/mol. The molecule has 3 heterocycles. The predicted molar refractivity (Wildman–Crippen MR) is 529 cm³/mol. The summed E-state index contributed by atoms with van der Waals surface area (Å²) < 4.78 is 2.26. The number of hydrogen-bond donors (Lipinski definition) is 0. The van der Waals surface area contributed by atoms with Gasteiger partial charge in [-0.3, -0.25) is 9.55 Å². The largest absolute Gasteiger partial charge is 0.292 e. The number of benzene rings is 20. The molecule has 23 aromatic rings. The second-order valence-electron chi connectivity index (χ2n) is 33.5. The highest BCUT2D eigenvalue weighted by molar-refractivity contribution is 6.24. The summed E-state index contributed by atoms with van der Waals surface area (Å²) in [5, 5.41) is 13.8. The van der Waals surface area contributed by atoms with E-state index in [-0.39, 0.29) is 5.41 Å². The molecule has 5 nitrogen and oxygen atoms in total. The molecule has 25 rings (SSSR count). The topological polar surface area (TPSA) is 56.5 Å². The summed E-state index contributed by atoms with van der Waals surface area (Å²) in [5.74, 6) is 1.66. The highest BCUT2D eigenvalue weighted by Crippen LogP contribution is 2.57. The summed E-state index contributed by atoms with van der Waals surface area (Å²) in [6.07, 6.45) is 3.67. The first-order chi connectivity index (χ1) is 62.2. The zero-order valence-electron chi connectivity index (χ0n) is 69.5. The van der Waals surface area contributed by atoms with Crippen LogP contribution < -0.4 is 0 Å². The van der Waals surface area contributed by atoms with Crippen LogP contribution in [0.5, 0.6) is 0 Å². The number of imidazole rings is 1. The Morgan fingerprint density at radius 1 is 0.238 bits per heavy atom. The lowest BCUT2D eigenvalue weighted by Crippen LogP contribution is -2.15. The van der Waals surface area contributed by atoms with E-state index >= 15 is 0 Å². The zero-order chi connectivity index (χ0) is 83.8. The molecule has 0 N–H and O–H groups in total. The maximum absolute atomic E-state index is 5.18. The SMILES string of the molecule is CC1(C)c2cc(-c3ccccc3)cc3ccc4cc(-c5cc(-c6ccccc6)cc(-c6ccccc6)c5)cc1c4c23.c1ccc(-c2ccc(-c3ccccc3)c3c2-c2cccc4c(-c5ccc(-c6nc7ccccc7n6-c6ccccc6)cc5)ccc-3c24)cc1.c1cncc(-c2ccc(-c3nc(-c4cccc5ccccc45)c4ccc5ccccc5c4n3)cc2)c1. The van der Waals surface area contributed by atoms with Crippen molar-refractivity contribution in [3.8, 4) is 151 Å². The maximum Gasteiger partial charge on any atom is 0.160 e. The molecule has 0 unspecified atom stereocenters. The Bertz CT molecular complexity index is 8020. The average Bonchev–Trinajstić information content (AvgIpc) is 1.54. The van der Waals surface area contributed by atoms with Crippen LogP contribution in [0.1, 0.15) is 25.0 Å². The second-order valence-corrected chi connectivity index (χ2v) is 33.5. The Balaban J connectivity index is 0.000000110. The fourth-order valence-electron chi connectivity index (χ4n) is 19.6. The molecule has 0 bridgehead atoms. The smallest absolute Gasteiger partial charge is 0.160 e. The molecule has 126 heavy (non-hydrogen) atoms. The van der Waals surface area contributed by atoms with Crippen molar-refractivity contribution in [3.05, 3.63) is 466 Å². The van der Waals surface area contributed by atoms with Crippen molar-refractivity contribution in [1.29, 1.82) is 0 Å². The molecule has 0 aliphatic heterocycles. The number of aromatic nitrogens is 5. The third kappa shape index (κ3) is 13.2. The van der Waals surface area contributed by atoms with Crippen LogP contribution in [0.2, 0.25) is 0 Å². The third-order valence-electron chi connectivity index (χ3n) is 25.7. The minimum Gasteiger partial charge on any atom is -0.292 e. The number of nitrogens with zero attached hydrogens (tertiary/aromatic N) is 5. The minimum atomic E-state index is -0.0969. The first-order valence-corrected chi connectivity index (χ1v) is 43.3. The summed E-state index contributed by atoms with van der Waals surface area (Å²) in [4.78, 5) is 19.6. The lowest BCUT2D eigenvalue weighted by molar-refractivity contribution is 0.663. The fourth-order valence-corrected chi connectivity index (χ4v) is 19.6. The van der Waals surface area contributed by atoms with Gasteiger partial charge in [0.25, 0.3) is 0 Å². The summed E-state index contributed by atoms with van der Waals surface area (Å²) in [7, 11) is 0. The van der Waals surface area contributed by atoms with Crippen molar-refractivity contribution in [2.45, 2.75) is 19.3 Å². The van der Waals surface area contributed by atoms with Crippen molar-refractivity contribution >= 4 is 75.8 Å². The van der Waals surface area contributed by atoms with Crippen LogP contribution >= 0.6 is 0 Å². The van der Waals surface area contributed by atoms with Gasteiger partial charge in [0, 0.05) is 51.0 Å². The third-order valence-corrected chi connectivity index (χ3v) is 25.7. The molecular formula is C121H81N5. The molecule has 0 radical (unpaired) electrons. The van der Waals surface area contributed by atoms with Crippen molar-refractivity contribution < 1.29 is 0 Å². The standard InChI is InChI=1S/C47H30N2.C41H30.C33H21N3/c1-4-13-31(14-5-1)37-28-29-38(32-15-6-2-7-16-32)46-41-30-27-36(39-19-12-20-40(44(39)41)45(37)46)33-23-25-34(26-24-33)47-48-42-21-10-11-22-43(42)49(47)35-17-8-3-9-18-35;1-41(2)37-25-35(29-16-10-5-11-17-29)20-30-18-19-31-21-36(26-38(41)40(31)39(30)37)34-23-32(27-12-6-3-7-13-27)22-33(24-34)28-14-8-4-9-15-28;1-3-11-27-23(7-1)9-5-13-29(27)32-30-19-18-24-8-2-4-12-28(24)31(30)35-33(36-32)25-16-14-22(15-17-25)26-10-6-20-34-21-26/h1-30H;3-26H,1-2H3;1-21H. The summed E-state index contributed by atoms with van der Waals surface area (Å²) >= 11 is 0. The molecule has 0 amide bonds. The van der Waals surface area contributed by atoms with E-state index in [0.717, 1.165) is 78.2 Å². The number of para-hydroxylation sites is 3. The van der Waals surface area contributed by atoms with Crippen LogP contribution in [0.3, 0.4) is 0 Å². The van der Waals surface area contributed by atoms with Gasteiger partial charge in [-0.2, -0.15) is 0 Å². The van der Waals surface area contributed by atoms with Gasteiger partial charge in [0.1, 0.15) is 5.82 Å². The van der Waals surface area contributed by atoms with Gasteiger partial charge < -0.3 is 0 Å². The lowest BCUT2D eigenvalue weighted by atomic mass is 9.80. The van der Waals surface area contributed by atoms with Gasteiger partial charge in [-0.05, 0) is 250 Å². The van der Waals surface area contributed by atoms with E-state index in [0.29, 0.717) is 0 Å². The van der Waals surface area contributed by atoms with E-state index in [2.05, 4.69) is 460 Å². The number of pyridine rings is 1. The molecular weight excluding hydrogens is 1520 g/mol. The Hall–Kier alpha value is -16.3. The number of hydrogen-bond acceptors (Lipinski definition) is 4. The normalized spacial score (nSPS) is 12.1. The van der Waals surface area contributed by atoms with Crippen LogP contribution in [0.15, 0.2) is 455 Å². The molecule has 0 saturated carbocycles. The second kappa shape index (κ2) is 31.3. The molecule has 2 aliphatic rings. The van der Waals surface area contributed by atoms with E-state index in [1.54, 1.807) is 6.20 Å². The van der Waals surface area contributed by atoms with E-state index in [1.165, 1.54) is 160 Å². The minimum absolute atomic E-state index is 0.0969. The van der Waals surface area contributed by atoms with Gasteiger partial charge in [-0.25, -0.2) is 15.0 Å². The first kappa shape index (κ1) is 74.7. The average molecular weight is 1610 g/mol. The van der Waals surface area contributed by atoms with E-state index in [4.69, 9.17) is 15.0 Å². The molecule has 20 aromatic carbocycles. The van der Waals surface area contributed by atoms with E-state index in [9.17, 15) is 0 Å². The predicted octanol–water partition coefficient (Wildman–Crippen LogP) is 32.1. The van der Waals surface area contributed by atoms with Crippen molar-refractivity contribution in [2.24, 2.45) is 0 Å². The van der Waals surface area contributed by atoms with Crippen molar-refractivity contribution in [3.63, 3.8) is 0 Å². The van der Waals surface area contributed by atoms with Gasteiger partial charge in [-0.1, -0.05) is 378 Å². The van der Waals surface area contributed by atoms with Gasteiger partial charge in [0.15, 0.2) is 5.82 Å². The van der Waals surface area contributed by atoms with Crippen LogP contribution in [0.25, 0.3) is 227 Å². The fraction of sp³-hybridized carbons (Fsp3) is 0.0248. The number of rotatable bonds is 12. The summed E-state index contributed by atoms with van der Waals surface area (Å²) in [5.41, 5.74) is 36.0. The van der Waals surface area contributed by atoms with Crippen LogP contribution in [-0.4, -0.2) is 24.5 Å². The van der Waals surface area contributed by atoms with Crippen LogP contribution in [0.4, 0.5) is 0 Å². The molecule has 0 saturated heterocycles. The van der Waals surface area contributed by atoms with Crippen LogP contribution in [-0.2, 0) is 5.41 Å². The lowest BCUT2D eigenvalue weighted by Gasteiger charge is -2.23. The molecule has 590 valence electrons. The van der Waals surface area contributed by atoms with Gasteiger partial charge in [-0.15, -0.1) is 0 Å². The Morgan fingerprint density at radius 2 is 0.659 bits per heavy atom. The Labute approximate surface area is 731 Å². The molecule has 0 atom stereocenters. The first-order valence-electron chi connectivity index (χ1n) is 43.3. The van der Waals surface area contributed by atoms with Gasteiger partial charge in [0.2, 0.25) is 0 Å². The van der Waals surface area contributed by atoms with Gasteiger partial charge >= 0.3 is 0 Å². The van der Waals surface area contributed by atoms with E-state index in [1.807, 2.05) is 12.3 Å². The maximum atomic E-state index is 5.18. The molecule has 0 spiro atoms. The molecule has 3 aromatic heterocycles. The highest BCUT2D eigenvalue weighted by Gasteiger charge is 2.36. The summed E-state index contributed by atoms with van der Waals surface area (Å²) in [6.45, 7) is 4.79. The molecule has 0 fully saturated rings. The summed E-state index contributed by atoms with van der Waals surface area (Å²) in [6, 6.07) is 159. The highest BCUT2D eigenvalue weighted by atomic mass is 15.1. The van der Waals surface area contributed by atoms with Crippen molar-refractivity contribution in [1.82, 2.24) is 24.5 Å². The van der Waals surface area contributed by atoms with Gasteiger partial charge in [0.05, 0.1) is 22.2 Å². The zero-order valence-corrected chi connectivity index (χ0v) is 69.5. The quantitative estimate of drug-likeness (QED) is 0.114. The molecule has 2 aliphatic carbocycles. The van der Waals surface area contributed by atoms with Crippen molar-refractivity contribution in [2.75, 3.05) is 0 Å². The molecule has 5 heteroatoms. The Morgan fingerprint density at radius 3 is 1.26 bits per heavy atom. The van der Waals surface area contributed by atoms with Crippen LogP contribution in [0, 0.1) is 0 Å². The Kier molecular flexibility index (Phi) is 18.5. The van der Waals surface area contributed by atoms with E-state index < -0.39 is 0 Å².